The maximum absolute atomic E-state index is 13.2. The van der Waals surface area contributed by atoms with Crippen LogP contribution in [0.2, 0.25) is 5.02 Å². The summed E-state index contributed by atoms with van der Waals surface area (Å²) in [5, 5.41) is 5.82. The molecule has 2 fully saturated rings. The molecule has 4 aromatic rings. The number of piperazine rings is 1. The number of nitrogens with zero attached hydrogens (tertiary/aromatic N) is 5. The van der Waals surface area contributed by atoms with E-state index in [0.29, 0.717) is 47.9 Å². The van der Waals surface area contributed by atoms with Crippen molar-refractivity contribution in [3.8, 4) is 11.3 Å². The molecule has 0 unspecified atom stereocenters. The van der Waals surface area contributed by atoms with E-state index in [-0.39, 0.29) is 36.1 Å². The maximum atomic E-state index is 13.2. The van der Waals surface area contributed by atoms with E-state index in [9.17, 15) is 18.0 Å². The molecule has 4 heterocycles. The van der Waals surface area contributed by atoms with Crippen LogP contribution in [0.1, 0.15) is 5.56 Å². The number of amides is 1. The van der Waals surface area contributed by atoms with Crippen molar-refractivity contribution in [1.29, 1.82) is 0 Å². The summed E-state index contributed by atoms with van der Waals surface area (Å²) in [5.41, 5.74) is 2.99. The van der Waals surface area contributed by atoms with Gasteiger partial charge in [-0.3, -0.25) is 14.5 Å². The highest BCUT2D eigenvalue weighted by atomic mass is 35.5. The number of hydrogen-bond acceptors (Lipinski definition) is 7. The summed E-state index contributed by atoms with van der Waals surface area (Å²) < 4.78 is 34.6. The van der Waals surface area contributed by atoms with Gasteiger partial charge >= 0.3 is 0 Å². The predicted molar refractivity (Wildman–Crippen MR) is 159 cm³/mol. The van der Waals surface area contributed by atoms with Crippen LogP contribution in [0.3, 0.4) is 0 Å². The zero-order valence-corrected chi connectivity index (χ0v) is 24.5. The van der Waals surface area contributed by atoms with Gasteiger partial charge in [0.05, 0.1) is 32.0 Å². The van der Waals surface area contributed by atoms with E-state index in [2.05, 4.69) is 15.0 Å². The first-order valence-corrected chi connectivity index (χ1v) is 15.6. The molecule has 2 aliphatic heterocycles. The number of aromatic amines is 1. The molecule has 6 rings (SSSR count). The number of benzene rings is 2. The van der Waals surface area contributed by atoms with Gasteiger partial charge in [-0.2, -0.15) is 9.40 Å². The van der Waals surface area contributed by atoms with E-state index in [1.807, 2.05) is 24.3 Å². The molecule has 2 aromatic carbocycles. The standard InChI is InChI=1S/C29H31ClN6O5S/c30-24-5-6-25-23(17-24)18-27(31-25)42(39,40)35-11-10-34(29(38)20-35)19-21-1-3-22(4-2-21)26-7-8-28(37)36(32-26)12-9-33-13-15-41-16-14-33/h1-8,17-18,31H,9-16,19-20H2. The van der Waals surface area contributed by atoms with Gasteiger partial charge in [0.2, 0.25) is 5.91 Å². The summed E-state index contributed by atoms with van der Waals surface area (Å²) in [7, 11) is -3.87. The van der Waals surface area contributed by atoms with Crippen LogP contribution in [0, 0.1) is 0 Å². The van der Waals surface area contributed by atoms with Gasteiger partial charge in [0, 0.05) is 66.8 Å². The number of carbonyl (C=O) groups is 1. The van der Waals surface area contributed by atoms with Crippen molar-refractivity contribution in [3.05, 3.63) is 81.6 Å². The second kappa shape index (κ2) is 12.0. The largest absolute Gasteiger partial charge is 0.379 e. The van der Waals surface area contributed by atoms with Crippen molar-refractivity contribution < 1.29 is 17.9 Å². The van der Waals surface area contributed by atoms with E-state index in [4.69, 9.17) is 16.3 Å². The zero-order chi connectivity index (χ0) is 29.3. The molecular weight excluding hydrogens is 580 g/mol. The van der Waals surface area contributed by atoms with Crippen LogP contribution < -0.4 is 5.56 Å². The Kier molecular flexibility index (Phi) is 8.15. The molecule has 0 saturated carbocycles. The third kappa shape index (κ3) is 6.13. The van der Waals surface area contributed by atoms with Crippen LogP contribution in [-0.2, 0) is 32.6 Å². The third-order valence-electron chi connectivity index (χ3n) is 7.68. The molecule has 42 heavy (non-hydrogen) atoms. The monoisotopic (exact) mass is 610 g/mol. The lowest BCUT2D eigenvalue weighted by Gasteiger charge is -2.33. The molecule has 2 aromatic heterocycles. The van der Waals surface area contributed by atoms with Crippen LogP contribution in [0.15, 0.2) is 70.5 Å². The quantitative estimate of drug-likeness (QED) is 0.325. The Hall–Kier alpha value is -3.55. The molecule has 220 valence electrons. The highest BCUT2D eigenvalue weighted by molar-refractivity contribution is 7.89. The fourth-order valence-electron chi connectivity index (χ4n) is 5.24. The number of morpholine rings is 1. The molecule has 0 radical (unpaired) electrons. The minimum atomic E-state index is -3.87. The van der Waals surface area contributed by atoms with E-state index < -0.39 is 10.0 Å². The van der Waals surface area contributed by atoms with Crippen molar-refractivity contribution in [3.63, 3.8) is 0 Å². The molecule has 0 atom stereocenters. The van der Waals surface area contributed by atoms with Gasteiger partial charge in [0.25, 0.3) is 15.6 Å². The molecule has 0 aliphatic carbocycles. The Balaban J connectivity index is 1.08. The van der Waals surface area contributed by atoms with Gasteiger partial charge in [-0.1, -0.05) is 35.9 Å². The average Bonchev–Trinajstić information content (AvgIpc) is 3.43. The van der Waals surface area contributed by atoms with Gasteiger partial charge in [-0.05, 0) is 35.9 Å². The molecule has 0 spiro atoms. The Morgan fingerprint density at radius 1 is 0.905 bits per heavy atom. The second-order valence-electron chi connectivity index (χ2n) is 10.4. The molecule has 11 nitrogen and oxygen atoms in total. The Morgan fingerprint density at radius 3 is 2.45 bits per heavy atom. The van der Waals surface area contributed by atoms with Crippen molar-refractivity contribution >= 4 is 38.4 Å². The number of fused-ring (bicyclic) bond motifs is 1. The number of ether oxygens (including phenoxy) is 1. The summed E-state index contributed by atoms with van der Waals surface area (Å²) >= 11 is 6.04. The molecule has 2 saturated heterocycles. The first kappa shape index (κ1) is 28.6. The lowest BCUT2D eigenvalue weighted by Crippen LogP contribution is -2.51. The van der Waals surface area contributed by atoms with Crippen molar-refractivity contribution in [2.75, 3.05) is 52.5 Å². The summed E-state index contributed by atoms with van der Waals surface area (Å²) in [4.78, 5) is 32.2. The first-order chi connectivity index (χ1) is 20.3. The zero-order valence-electron chi connectivity index (χ0n) is 22.9. The number of halogens is 1. The second-order valence-corrected chi connectivity index (χ2v) is 12.8. The van der Waals surface area contributed by atoms with E-state index in [1.54, 1.807) is 35.2 Å². The Labute approximate surface area is 248 Å². The highest BCUT2D eigenvalue weighted by Gasteiger charge is 2.33. The average molecular weight is 611 g/mol. The summed E-state index contributed by atoms with van der Waals surface area (Å²) in [5.74, 6) is -0.262. The molecule has 0 bridgehead atoms. The topological polar surface area (TPSA) is 121 Å². The van der Waals surface area contributed by atoms with E-state index in [0.717, 1.165) is 30.8 Å². The van der Waals surface area contributed by atoms with Gasteiger partial charge < -0.3 is 14.6 Å². The van der Waals surface area contributed by atoms with Crippen LogP contribution in [-0.4, -0.2) is 95.7 Å². The normalized spacial score (nSPS) is 17.3. The van der Waals surface area contributed by atoms with Crippen LogP contribution in [0.5, 0.6) is 0 Å². The van der Waals surface area contributed by atoms with Gasteiger partial charge in [-0.25, -0.2) is 13.1 Å². The number of nitrogens with one attached hydrogen (secondary N) is 1. The van der Waals surface area contributed by atoms with Gasteiger partial charge in [0.15, 0.2) is 0 Å². The SMILES string of the molecule is O=C1CN(S(=O)(=O)c2cc3cc(Cl)ccc3[nH]2)CCN1Cc1ccc(-c2ccc(=O)n(CCN3CCOCC3)n2)cc1. The molecule has 13 heteroatoms. The Bertz CT molecular complexity index is 1770. The predicted octanol–water partition coefficient (Wildman–Crippen LogP) is 2.41. The first-order valence-electron chi connectivity index (χ1n) is 13.8. The summed E-state index contributed by atoms with van der Waals surface area (Å²) in [6.07, 6.45) is 0. The molecular formula is C29H31ClN6O5S. The Morgan fingerprint density at radius 2 is 1.69 bits per heavy atom. The molecule has 2 aliphatic rings. The van der Waals surface area contributed by atoms with E-state index >= 15 is 0 Å². The van der Waals surface area contributed by atoms with E-state index in [1.165, 1.54) is 15.1 Å². The van der Waals surface area contributed by atoms with Crippen molar-refractivity contribution in [2.45, 2.75) is 18.1 Å². The van der Waals surface area contributed by atoms with Gasteiger partial charge in [0.1, 0.15) is 5.03 Å². The van der Waals surface area contributed by atoms with Crippen molar-refractivity contribution in [1.82, 2.24) is 28.9 Å². The number of aromatic nitrogens is 3. The lowest BCUT2D eigenvalue weighted by molar-refractivity contribution is -0.134. The number of hydrogen-bond donors (Lipinski definition) is 1. The smallest absolute Gasteiger partial charge is 0.266 e. The molecule has 1 amide bonds. The summed E-state index contributed by atoms with van der Waals surface area (Å²) in [6.45, 7) is 4.95. The number of sulfonamides is 1. The lowest BCUT2D eigenvalue weighted by atomic mass is 10.1. The number of H-pyrrole nitrogens is 1. The third-order valence-corrected chi connectivity index (χ3v) is 9.68. The molecule has 1 N–H and O–H groups in total. The van der Waals surface area contributed by atoms with Gasteiger partial charge in [-0.15, -0.1) is 0 Å². The van der Waals surface area contributed by atoms with Crippen LogP contribution in [0.4, 0.5) is 0 Å². The fraction of sp³-hybridized carbons (Fsp3) is 0.345. The number of rotatable bonds is 8. The fourth-order valence-corrected chi connectivity index (χ4v) is 6.82. The van der Waals surface area contributed by atoms with Crippen LogP contribution in [0.25, 0.3) is 22.2 Å². The maximum Gasteiger partial charge on any atom is 0.266 e. The summed E-state index contributed by atoms with van der Waals surface area (Å²) in [6, 6.07) is 17.6. The van der Waals surface area contributed by atoms with Crippen LogP contribution >= 0.6 is 11.6 Å². The minimum Gasteiger partial charge on any atom is -0.379 e. The highest BCUT2D eigenvalue weighted by Crippen LogP contribution is 2.25. The van der Waals surface area contributed by atoms with Crippen molar-refractivity contribution in [2.24, 2.45) is 0 Å². The minimum absolute atomic E-state index is 0.0395. The number of carbonyl (C=O) groups excluding carboxylic acids is 1.